The number of thioether (sulfide) groups is 1. The Morgan fingerprint density at radius 3 is 2.41 bits per heavy atom. The normalized spacial score (nSPS) is 24.8. The summed E-state index contributed by atoms with van der Waals surface area (Å²) in [4.78, 5) is 21.7. The molecule has 2 fully saturated rings. The van der Waals surface area contributed by atoms with Gasteiger partial charge < -0.3 is 10.2 Å². The van der Waals surface area contributed by atoms with Crippen molar-refractivity contribution in [3.8, 4) is 0 Å². The van der Waals surface area contributed by atoms with Crippen LogP contribution in [0.3, 0.4) is 0 Å². The van der Waals surface area contributed by atoms with Crippen LogP contribution in [0.4, 0.5) is 5.69 Å². The van der Waals surface area contributed by atoms with Gasteiger partial charge in [0.25, 0.3) is 5.91 Å². The molecule has 32 heavy (non-hydrogen) atoms. The molecule has 0 spiro atoms. The molecule has 1 amide bonds. The zero-order chi connectivity index (χ0) is 22.1. The van der Waals surface area contributed by atoms with Crippen LogP contribution in [-0.4, -0.2) is 78.3 Å². The number of carbonyl (C=O) groups is 1. The van der Waals surface area contributed by atoms with Crippen LogP contribution >= 0.6 is 11.8 Å². The number of nitrogens with zero attached hydrogens (tertiary/aromatic N) is 3. The molecule has 3 aliphatic rings. The van der Waals surface area contributed by atoms with Gasteiger partial charge in [-0.05, 0) is 29.8 Å². The summed E-state index contributed by atoms with van der Waals surface area (Å²) in [6, 6.07) is 17.7. The highest BCUT2D eigenvalue weighted by atomic mass is 32.2. The molecule has 7 nitrogen and oxygen atoms in total. The number of amidine groups is 1. The molecule has 0 aliphatic carbocycles. The average Bonchev–Trinajstić information content (AvgIpc) is 3.27. The Labute approximate surface area is 192 Å². The van der Waals surface area contributed by atoms with E-state index < -0.39 is 9.84 Å². The number of fused-ring (bicyclic) bond motifs is 1. The highest BCUT2D eigenvalue weighted by Crippen LogP contribution is 2.34. The second-order valence-electron chi connectivity index (χ2n) is 8.49. The average molecular weight is 471 g/mol. The van der Waals surface area contributed by atoms with Crippen LogP contribution in [0.25, 0.3) is 0 Å². The summed E-state index contributed by atoms with van der Waals surface area (Å²) in [6.45, 7) is 4.11. The zero-order valence-corrected chi connectivity index (χ0v) is 19.3. The molecule has 5 rings (SSSR count). The van der Waals surface area contributed by atoms with Crippen LogP contribution in [0.15, 0.2) is 59.6 Å². The minimum atomic E-state index is -2.95. The number of carbonyl (C=O) groups excluding carboxylic acids is 1. The summed E-state index contributed by atoms with van der Waals surface area (Å²) in [7, 11) is -2.95. The van der Waals surface area contributed by atoms with Crippen molar-refractivity contribution < 1.29 is 13.2 Å². The van der Waals surface area contributed by atoms with Crippen molar-refractivity contribution in [1.82, 2.24) is 9.80 Å². The van der Waals surface area contributed by atoms with Gasteiger partial charge in [0.2, 0.25) is 0 Å². The van der Waals surface area contributed by atoms with Crippen molar-refractivity contribution in [2.24, 2.45) is 4.99 Å². The predicted octanol–water partition coefficient (Wildman–Crippen LogP) is 2.32. The predicted molar refractivity (Wildman–Crippen MR) is 129 cm³/mol. The first kappa shape index (κ1) is 21.5. The third kappa shape index (κ3) is 4.84. The number of benzene rings is 2. The first-order valence-corrected chi connectivity index (χ1v) is 13.5. The molecule has 3 aliphatic heterocycles. The Morgan fingerprint density at radius 2 is 1.72 bits per heavy atom. The van der Waals surface area contributed by atoms with Crippen molar-refractivity contribution in [2.75, 3.05) is 43.0 Å². The number of piperazine rings is 1. The van der Waals surface area contributed by atoms with Gasteiger partial charge in [-0.2, -0.15) is 0 Å². The smallest absolute Gasteiger partial charge is 0.253 e. The molecular weight excluding hydrogens is 444 g/mol. The standard InChI is InChI=1S/C23H26N4O3S2/c28-22(27-12-10-26(11-13-27)14-17-4-2-1-3-5-17)18-6-8-19(9-7-18)24-23-25-20-15-32(29,30)16-21(20)31-23/h1-9,20-21H,10-16H2,(H,24,25)/t20-,21+/m1/s1. The summed E-state index contributed by atoms with van der Waals surface area (Å²) < 4.78 is 23.4. The fourth-order valence-electron chi connectivity index (χ4n) is 4.37. The lowest BCUT2D eigenvalue weighted by atomic mass is 10.1. The van der Waals surface area contributed by atoms with E-state index in [-0.39, 0.29) is 28.7 Å². The number of rotatable bonds is 4. The number of sulfone groups is 1. The van der Waals surface area contributed by atoms with E-state index in [0.717, 1.165) is 43.6 Å². The quantitative estimate of drug-likeness (QED) is 0.739. The molecule has 2 aromatic carbocycles. The maximum atomic E-state index is 12.9. The largest absolute Gasteiger partial charge is 0.336 e. The summed E-state index contributed by atoms with van der Waals surface area (Å²) in [5, 5.41) is 4.03. The highest BCUT2D eigenvalue weighted by molar-refractivity contribution is 8.15. The van der Waals surface area contributed by atoms with E-state index in [2.05, 4.69) is 39.5 Å². The number of hydrogen-bond acceptors (Lipinski definition) is 7. The number of aliphatic imine (C=N–C) groups is 1. The molecule has 0 bridgehead atoms. The molecule has 168 valence electrons. The van der Waals surface area contributed by atoms with Gasteiger partial charge in [-0.1, -0.05) is 42.1 Å². The van der Waals surface area contributed by atoms with Crippen LogP contribution in [0.1, 0.15) is 15.9 Å². The van der Waals surface area contributed by atoms with E-state index in [0.29, 0.717) is 5.56 Å². The van der Waals surface area contributed by atoms with E-state index in [1.807, 2.05) is 35.2 Å². The lowest BCUT2D eigenvalue weighted by Crippen LogP contribution is -2.48. The van der Waals surface area contributed by atoms with Crippen molar-refractivity contribution >= 4 is 38.4 Å². The maximum Gasteiger partial charge on any atom is 0.253 e. The van der Waals surface area contributed by atoms with Gasteiger partial charge in [-0.25, -0.2) is 8.42 Å². The maximum absolute atomic E-state index is 12.9. The van der Waals surface area contributed by atoms with Gasteiger partial charge in [-0.15, -0.1) is 0 Å². The van der Waals surface area contributed by atoms with Crippen molar-refractivity contribution in [3.63, 3.8) is 0 Å². The van der Waals surface area contributed by atoms with Crippen LogP contribution < -0.4 is 5.32 Å². The van der Waals surface area contributed by atoms with Gasteiger partial charge in [0.15, 0.2) is 15.0 Å². The molecular formula is C23H26N4O3S2. The Bertz CT molecular complexity index is 1110. The summed E-state index contributed by atoms with van der Waals surface area (Å²) in [5.41, 5.74) is 2.82. The molecule has 1 N–H and O–H groups in total. The van der Waals surface area contributed by atoms with Gasteiger partial charge >= 0.3 is 0 Å². The summed E-state index contributed by atoms with van der Waals surface area (Å²) in [6.07, 6.45) is 0. The van der Waals surface area contributed by atoms with Crippen molar-refractivity contribution in [3.05, 3.63) is 65.7 Å². The lowest BCUT2D eigenvalue weighted by Gasteiger charge is -2.34. The first-order chi connectivity index (χ1) is 15.4. The molecule has 0 radical (unpaired) electrons. The monoisotopic (exact) mass is 470 g/mol. The third-order valence-corrected chi connectivity index (χ3v) is 9.25. The van der Waals surface area contributed by atoms with E-state index in [4.69, 9.17) is 0 Å². The van der Waals surface area contributed by atoms with Crippen LogP contribution in [0.5, 0.6) is 0 Å². The van der Waals surface area contributed by atoms with Gasteiger partial charge in [0.05, 0.1) is 17.5 Å². The molecule has 0 aromatic heterocycles. The Hall–Kier alpha value is -2.36. The molecule has 0 unspecified atom stereocenters. The van der Waals surface area contributed by atoms with Crippen LogP contribution in [0, 0.1) is 0 Å². The summed E-state index contributed by atoms with van der Waals surface area (Å²) in [5.74, 6) is 0.397. The van der Waals surface area contributed by atoms with Gasteiger partial charge in [0.1, 0.15) is 0 Å². The molecule has 2 atom stereocenters. The van der Waals surface area contributed by atoms with E-state index in [1.165, 1.54) is 17.3 Å². The van der Waals surface area contributed by atoms with Gasteiger partial charge in [0, 0.05) is 49.2 Å². The van der Waals surface area contributed by atoms with Gasteiger partial charge in [-0.3, -0.25) is 14.7 Å². The fraction of sp³-hybridized carbons (Fsp3) is 0.391. The number of hydrogen-bond donors (Lipinski definition) is 1. The lowest BCUT2D eigenvalue weighted by molar-refractivity contribution is 0.0628. The minimum Gasteiger partial charge on any atom is -0.336 e. The molecule has 0 saturated carbocycles. The SMILES string of the molecule is O=C(c1ccc(NC2=N[C@@H]3CS(=O)(=O)C[C@@H]3S2)cc1)N1CCN(Cc2ccccc2)CC1. The third-order valence-electron chi connectivity index (χ3n) is 6.11. The first-order valence-electron chi connectivity index (χ1n) is 10.8. The highest BCUT2D eigenvalue weighted by Gasteiger charge is 2.42. The molecule has 9 heteroatoms. The topological polar surface area (TPSA) is 82.1 Å². The number of nitrogens with one attached hydrogen (secondary N) is 1. The Kier molecular flexibility index (Phi) is 5.96. The number of amides is 1. The van der Waals surface area contributed by atoms with E-state index >= 15 is 0 Å². The zero-order valence-electron chi connectivity index (χ0n) is 17.7. The van der Waals surface area contributed by atoms with E-state index in [1.54, 1.807) is 0 Å². The van der Waals surface area contributed by atoms with Crippen molar-refractivity contribution in [2.45, 2.75) is 17.8 Å². The van der Waals surface area contributed by atoms with E-state index in [9.17, 15) is 13.2 Å². The molecule has 3 heterocycles. The second kappa shape index (κ2) is 8.88. The minimum absolute atomic E-state index is 0.0175. The molecule has 2 aromatic rings. The Balaban J connectivity index is 1.13. The fourth-order valence-corrected chi connectivity index (χ4v) is 8.04. The van der Waals surface area contributed by atoms with Crippen molar-refractivity contribution in [1.29, 1.82) is 0 Å². The van der Waals surface area contributed by atoms with Crippen LogP contribution in [0.2, 0.25) is 0 Å². The Morgan fingerprint density at radius 1 is 1.00 bits per heavy atom. The number of anilines is 1. The molecule has 2 saturated heterocycles. The summed E-state index contributed by atoms with van der Waals surface area (Å²) >= 11 is 1.49. The second-order valence-corrected chi connectivity index (χ2v) is 11.9. The van der Waals surface area contributed by atoms with Crippen LogP contribution in [-0.2, 0) is 16.4 Å².